The molecular weight excluding hydrogens is 152 g/mol. The molecule has 1 unspecified atom stereocenters. The quantitative estimate of drug-likeness (QED) is 0.602. The molecule has 0 amide bonds. The summed E-state index contributed by atoms with van der Waals surface area (Å²) in [5.41, 5.74) is 0. The van der Waals surface area contributed by atoms with E-state index in [2.05, 4.69) is 6.92 Å². The van der Waals surface area contributed by atoms with Crippen molar-refractivity contribution in [2.45, 2.75) is 52.3 Å². The van der Waals surface area contributed by atoms with Gasteiger partial charge in [-0.15, -0.1) is 0 Å². The van der Waals surface area contributed by atoms with Crippen molar-refractivity contribution in [2.24, 2.45) is 5.92 Å². The molecule has 0 heterocycles. The minimum absolute atomic E-state index is 0.469. The topological polar surface area (TPSA) is 37.3 Å². The lowest BCUT2D eigenvalue weighted by molar-refractivity contribution is -0.141. The maximum Gasteiger partial charge on any atom is 0.306 e. The monoisotopic (exact) mass is 174 g/mol. The van der Waals surface area contributed by atoms with E-state index >= 15 is 0 Å². The van der Waals surface area contributed by atoms with Crippen LogP contribution in [0.4, 0.5) is 0 Å². The fraction of sp³-hybridized carbons (Fsp3) is 0.900. The standard InChI is InChI=1S/C10H20O2/c1-3-4-5-6-7-8-9(2)10(11)12/h9H,3-8H2,1-2H3,(H,11,12)/i2D2. The first kappa shape index (κ1) is 8.09. The van der Waals surface area contributed by atoms with E-state index in [1.165, 1.54) is 12.8 Å². The van der Waals surface area contributed by atoms with Crippen molar-refractivity contribution in [3.8, 4) is 0 Å². The molecule has 0 rings (SSSR count). The summed E-state index contributed by atoms with van der Waals surface area (Å²) in [6.45, 7) is 0.891. The zero-order valence-electron chi connectivity index (χ0n) is 9.75. The molecule has 0 aliphatic rings. The third-order valence-corrected chi connectivity index (χ3v) is 1.94. The van der Waals surface area contributed by atoms with Crippen LogP contribution in [0.5, 0.6) is 0 Å². The van der Waals surface area contributed by atoms with Gasteiger partial charge in [-0.1, -0.05) is 45.9 Å². The van der Waals surface area contributed by atoms with Gasteiger partial charge >= 0.3 is 5.97 Å². The minimum Gasteiger partial charge on any atom is -0.481 e. The normalized spacial score (nSPS) is 15.5. The number of carbonyl (C=O) groups is 1. The summed E-state index contributed by atoms with van der Waals surface area (Å²) in [7, 11) is 0. The molecule has 0 aliphatic heterocycles. The molecule has 1 atom stereocenters. The summed E-state index contributed by atoms with van der Waals surface area (Å²) in [6.07, 6.45) is 5.79. The van der Waals surface area contributed by atoms with Crippen molar-refractivity contribution in [1.82, 2.24) is 0 Å². The van der Waals surface area contributed by atoms with Crippen LogP contribution in [0.15, 0.2) is 0 Å². The number of carboxylic acids is 1. The molecule has 0 saturated carbocycles. The van der Waals surface area contributed by atoms with E-state index in [9.17, 15) is 4.79 Å². The van der Waals surface area contributed by atoms with Gasteiger partial charge in [0.05, 0.1) is 5.92 Å². The number of hydrogen-bond acceptors (Lipinski definition) is 1. The largest absolute Gasteiger partial charge is 0.481 e. The van der Waals surface area contributed by atoms with Crippen LogP contribution in [0.25, 0.3) is 0 Å². The summed E-state index contributed by atoms with van der Waals surface area (Å²) >= 11 is 0. The lowest BCUT2D eigenvalue weighted by Gasteiger charge is -2.04. The van der Waals surface area contributed by atoms with Crippen LogP contribution in [0.2, 0.25) is 0 Å². The lowest BCUT2D eigenvalue weighted by atomic mass is 10.0. The first-order chi connectivity index (χ1) is 6.59. The van der Waals surface area contributed by atoms with Crippen LogP contribution < -0.4 is 0 Å². The average molecular weight is 174 g/mol. The number of hydrogen-bond donors (Lipinski definition) is 1. The SMILES string of the molecule is [2H]C([2H])C(CCCCCCC)C(=O)O. The predicted octanol–water partition coefficient (Wildman–Crippen LogP) is 3.07. The van der Waals surface area contributed by atoms with Gasteiger partial charge in [-0.05, 0) is 6.42 Å². The number of rotatable bonds is 7. The molecule has 0 saturated heterocycles. The summed E-state index contributed by atoms with van der Waals surface area (Å²) in [5.74, 6) is -1.81. The van der Waals surface area contributed by atoms with Crippen molar-refractivity contribution in [2.75, 3.05) is 0 Å². The van der Waals surface area contributed by atoms with Crippen LogP contribution in [-0.4, -0.2) is 11.1 Å². The fourth-order valence-corrected chi connectivity index (χ4v) is 1.09. The Morgan fingerprint density at radius 2 is 2.08 bits per heavy atom. The van der Waals surface area contributed by atoms with Gasteiger partial charge in [-0.3, -0.25) is 4.79 Å². The molecule has 0 bridgehead atoms. The van der Waals surface area contributed by atoms with Gasteiger partial charge in [0, 0.05) is 2.74 Å². The Hall–Kier alpha value is -0.530. The fourth-order valence-electron chi connectivity index (χ4n) is 1.09. The molecule has 2 heteroatoms. The highest BCUT2D eigenvalue weighted by molar-refractivity contribution is 5.69. The van der Waals surface area contributed by atoms with E-state index in [1.807, 2.05) is 0 Å². The van der Waals surface area contributed by atoms with E-state index in [1.54, 1.807) is 0 Å². The molecule has 0 aromatic carbocycles. The van der Waals surface area contributed by atoms with Gasteiger partial charge in [-0.2, -0.15) is 0 Å². The second-order valence-corrected chi connectivity index (χ2v) is 3.15. The Labute approximate surface area is 77.8 Å². The molecule has 0 fully saturated rings. The Kier molecular flexibility index (Phi) is 4.81. The molecule has 0 aromatic rings. The lowest BCUT2D eigenvalue weighted by Crippen LogP contribution is -2.08. The maximum atomic E-state index is 10.6. The summed E-state index contributed by atoms with van der Waals surface area (Å²) in [6, 6.07) is 0. The molecular formula is C10H20O2. The van der Waals surface area contributed by atoms with Crippen LogP contribution >= 0.6 is 0 Å². The maximum absolute atomic E-state index is 10.6. The highest BCUT2D eigenvalue weighted by Crippen LogP contribution is 2.10. The molecule has 72 valence electrons. The van der Waals surface area contributed by atoms with Crippen molar-refractivity contribution < 1.29 is 12.6 Å². The first-order valence-electron chi connectivity index (χ1n) is 5.82. The summed E-state index contributed by atoms with van der Waals surface area (Å²) in [4.78, 5) is 10.6. The third-order valence-electron chi connectivity index (χ3n) is 1.94. The third kappa shape index (κ3) is 6.20. The van der Waals surface area contributed by atoms with E-state index in [-0.39, 0.29) is 0 Å². The second kappa shape index (κ2) is 7.14. The summed E-state index contributed by atoms with van der Waals surface area (Å²) in [5, 5.41) is 8.71. The predicted molar refractivity (Wildman–Crippen MR) is 50.2 cm³/mol. The Morgan fingerprint density at radius 3 is 2.58 bits per heavy atom. The Balaban J connectivity index is 3.57. The first-order valence-corrected chi connectivity index (χ1v) is 4.67. The van der Waals surface area contributed by atoms with Gasteiger partial charge in [0.15, 0.2) is 0 Å². The molecule has 0 aliphatic carbocycles. The van der Waals surface area contributed by atoms with E-state index in [4.69, 9.17) is 7.85 Å². The highest BCUT2D eigenvalue weighted by atomic mass is 16.4. The number of carboxylic acid groups (broad SMARTS) is 1. The van der Waals surface area contributed by atoms with E-state index in [0.29, 0.717) is 6.42 Å². The molecule has 12 heavy (non-hydrogen) atoms. The average Bonchev–Trinajstić information content (AvgIpc) is 2.09. The van der Waals surface area contributed by atoms with Crippen LogP contribution in [0, 0.1) is 5.92 Å². The van der Waals surface area contributed by atoms with Gasteiger partial charge in [0.2, 0.25) is 0 Å². The van der Waals surface area contributed by atoms with E-state index in [0.717, 1.165) is 19.3 Å². The number of aliphatic carboxylic acids is 1. The van der Waals surface area contributed by atoms with Gasteiger partial charge < -0.3 is 5.11 Å². The van der Waals surface area contributed by atoms with E-state index < -0.39 is 18.8 Å². The molecule has 0 radical (unpaired) electrons. The van der Waals surface area contributed by atoms with Crippen LogP contribution in [0.3, 0.4) is 0 Å². The molecule has 1 N–H and O–H groups in total. The van der Waals surface area contributed by atoms with Crippen LogP contribution in [0.1, 0.15) is 55.1 Å². The van der Waals surface area contributed by atoms with Crippen LogP contribution in [-0.2, 0) is 4.79 Å². The molecule has 0 spiro atoms. The second-order valence-electron chi connectivity index (χ2n) is 3.15. The minimum atomic E-state index is -1.24. The highest BCUT2D eigenvalue weighted by Gasteiger charge is 2.08. The van der Waals surface area contributed by atoms with Gasteiger partial charge in [0.1, 0.15) is 0 Å². The zero-order chi connectivity index (χ0) is 11.0. The molecule has 2 nitrogen and oxygen atoms in total. The van der Waals surface area contributed by atoms with Crippen molar-refractivity contribution >= 4 is 5.97 Å². The van der Waals surface area contributed by atoms with Crippen molar-refractivity contribution in [3.05, 3.63) is 0 Å². The smallest absolute Gasteiger partial charge is 0.306 e. The van der Waals surface area contributed by atoms with Crippen molar-refractivity contribution in [1.29, 1.82) is 0 Å². The number of unbranched alkanes of at least 4 members (excludes halogenated alkanes) is 4. The van der Waals surface area contributed by atoms with Gasteiger partial charge in [0.25, 0.3) is 0 Å². The Bertz CT molecular complexity index is 160. The Morgan fingerprint density at radius 1 is 1.42 bits per heavy atom. The summed E-state index contributed by atoms with van der Waals surface area (Å²) < 4.78 is 14.1. The van der Waals surface area contributed by atoms with Crippen molar-refractivity contribution in [3.63, 3.8) is 0 Å². The van der Waals surface area contributed by atoms with Gasteiger partial charge in [-0.25, -0.2) is 0 Å². The molecule has 0 aromatic heterocycles. The zero-order valence-corrected chi connectivity index (χ0v) is 7.75.